The van der Waals surface area contributed by atoms with E-state index in [4.69, 9.17) is 4.98 Å². The van der Waals surface area contributed by atoms with Crippen LogP contribution in [0.25, 0.3) is 10.6 Å². The molecule has 0 aliphatic carbocycles. The maximum Gasteiger partial charge on any atom is 0.0976 e. The number of nitrogens with zero attached hydrogens (tertiary/aromatic N) is 1. The van der Waals surface area contributed by atoms with Gasteiger partial charge in [0.05, 0.1) is 15.6 Å². The summed E-state index contributed by atoms with van der Waals surface area (Å²) in [5.41, 5.74) is 1.13. The molecule has 2 rings (SSSR count). The largest absolute Gasteiger partial charge is 0.319 e. The van der Waals surface area contributed by atoms with Crippen molar-refractivity contribution < 1.29 is 0 Å². The summed E-state index contributed by atoms with van der Waals surface area (Å²) in [6.07, 6.45) is 1.14. The fourth-order valence-electron chi connectivity index (χ4n) is 1.67. The second-order valence-electron chi connectivity index (χ2n) is 3.71. The van der Waals surface area contributed by atoms with E-state index in [1.807, 2.05) is 7.05 Å². The monoisotopic (exact) mass is 252 g/mol. The number of rotatable bonds is 5. The molecule has 2 nitrogen and oxygen atoms in total. The van der Waals surface area contributed by atoms with Gasteiger partial charge in [0.2, 0.25) is 0 Å². The predicted molar refractivity (Wildman–Crippen MR) is 72.4 cm³/mol. The van der Waals surface area contributed by atoms with Gasteiger partial charge < -0.3 is 5.32 Å². The van der Waals surface area contributed by atoms with E-state index in [0.717, 1.165) is 18.7 Å². The third-order valence-corrected chi connectivity index (χ3v) is 4.49. The van der Waals surface area contributed by atoms with Crippen LogP contribution in [0.15, 0.2) is 22.9 Å². The molecule has 1 N–H and O–H groups in total. The summed E-state index contributed by atoms with van der Waals surface area (Å²) >= 11 is 3.53. The normalized spacial score (nSPS) is 12.9. The van der Waals surface area contributed by atoms with Gasteiger partial charge in [-0.05, 0) is 24.9 Å². The van der Waals surface area contributed by atoms with Crippen LogP contribution in [-0.2, 0) is 0 Å². The average molecular weight is 252 g/mol. The first kappa shape index (κ1) is 11.8. The molecule has 0 aliphatic heterocycles. The lowest BCUT2D eigenvalue weighted by atomic mass is 10.1. The minimum Gasteiger partial charge on any atom is -0.319 e. The highest BCUT2D eigenvalue weighted by atomic mass is 32.1. The van der Waals surface area contributed by atoms with E-state index in [1.165, 1.54) is 9.88 Å². The summed E-state index contributed by atoms with van der Waals surface area (Å²) < 4.78 is 0. The highest BCUT2D eigenvalue weighted by Crippen LogP contribution is 2.30. The smallest absolute Gasteiger partial charge is 0.0976 e. The highest BCUT2D eigenvalue weighted by molar-refractivity contribution is 7.14. The lowest BCUT2D eigenvalue weighted by Gasteiger charge is -2.10. The number of hydrogen-bond donors (Lipinski definition) is 1. The molecule has 1 atom stereocenters. The van der Waals surface area contributed by atoms with E-state index in [9.17, 15) is 0 Å². The van der Waals surface area contributed by atoms with Crippen molar-refractivity contribution in [2.45, 2.75) is 19.3 Å². The van der Waals surface area contributed by atoms with Gasteiger partial charge in [0.25, 0.3) is 0 Å². The highest BCUT2D eigenvalue weighted by Gasteiger charge is 2.13. The Kier molecular flexibility index (Phi) is 4.09. The molecule has 0 aromatic carbocycles. The zero-order chi connectivity index (χ0) is 11.4. The molecule has 0 spiro atoms. The maximum atomic E-state index is 4.73. The Morgan fingerprint density at radius 3 is 2.94 bits per heavy atom. The van der Waals surface area contributed by atoms with Gasteiger partial charge in [-0.1, -0.05) is 13.0 Å². The van der Waals surface area contributed by atoms with Crippen LogP contribution in [0, 0.1) is 0 Å². The van der Waals surface area contributed by atoms with E-state index >= 15 is 0 Å². The second kappa shape index (κ2) is 5.57. The lowest BCUT2D eigenvalue weighted by Crippen LogP contribution is -2.16. The first-order chi connectivity index (χ1) is 7.85. The molecule has 0 saturated heterocycles. The van der Waals surface area contributed by atoms with Crippen molar-refractivity contribution in [1.82, 2.24) is 10.3 Å². The lowest BCUT2D eigenvalue weighted by molar-refractivity contribution is 0.609. The fourth-order valence-corrected chi connectivity index (χ4v) is 3.43. The minimum atomic E-state index is 0.545. The Morgan fingerprint density at radius 2 is 2.31 bits per heavy atom. The summed E-state index contributed by atoms with van der Waals surface area (Å²) in [4.78, 5) is 6.00. The number of likely N-dealkylation sites (N-methyl/N-ethyl adjacent to an activating group) is 1. The van der Waals surface area contributed by atoms with Crippen molar-refractivity contribution in [3.8, 4) is 10.6 Å². The Morgan fingerprint density at radius 1 is 1.44 bits per heavy atom. The molecule has 0 bridgehead atoms. The number of hydrogen-bond acceptors (Lipinski definition) is 4. The van der Waals surface area contributed by atoms with Crippen LogP contribution >= 0.6 is 22.7 Å². The molecular weight excluding hydrogens is 236 g/mol. The van der Waals surface area contributed by atoms with Crippen molar-refractivity contribution in [3.63, 3.8) is 0 Å². The molecule has 0 radical (unpaired) electrons. The number of thiazole rings is 1. The Bertz CT molecular complexity index is 420. The molecule has 86 valence electrons. The Balaban J connectivity index is 2.18. The topological polar surface area (TPSA) is 24.9 Å². The molecule has 2 heterocycles. The van der Waals surface area contributed by atoms with Gasteiger partial charge in [-0.2, -0.15) is 0 Å². The zero-order valence-corrected chi connectivity index (χ0v) is 11.2. The zero-order valence-electron chi connectivity index (χ0n) is 9.56. The van der Waals surface area contributed by atoms with Crippen LogP contribution in [0.2, 0.25) is 0 Å². The minimum absolute atomic E-state index is 0.545. The van der Waals surface area contributed by atoms with E-state index < -0.39 is 0 Å². The third-order valence-electron chi connectivity index (χ3n) is 2.59. The van der Waals surface area contributed by atoms with Gasteiger partial charge in [-0.3, -0.25) is 0 Å². The molecule has 4 heteroatoms. The summed E-state index contributed by atoms with van der Waals surface area (Å²) in [7, 11) is 2.00. The maximum absolute atomic E-state index is 4.73. The molecule has 0 amide bonds. The Hall–Kier alpha value is -0.710. The molecule has 16 heavy (non-hydrogen) atoms. The summed E-state index contributed by atoms with van der Waals surface area (Å²) in [6, 6.07) is 4.20. The van der Waals surface area contributed by atoms with Crippen LogP contribution in [0.5, 0.6) is 0 Å². The summed E-state index contributed by atoms with van der Waals surface area (Å²) in [6.45, 7) is 3.22. The molecule has 0 saturated carbocycles. The second-order valence-corrected chi connectivity index (χ2v) is 5.55. The third kappa shape index (κ3) is 2.51. The van der Waals surface area contributed by atoms with Gasteiger partial charge in [-0.15, -0.1) is 22.7 Å². The molecule has 2 aromatic rings. The summed E-state index contributed by atoms with van der Waals surface area (Å²) in [5, 5.41) is 8.74. The number of nitrogens with one attached hydrogen (secondary N) is 1. The fraction of sp³-hybridized carbons (Fsp3) is 0.417. The van der Waals surface area contributed by atoms with Gasteiger partial charge in [0.1, 0.15) is 0 Å². The first-order valence-electron chi connectivity index (χ1n) is 5.49. The molecule has 2 aromatic heterocycles. The molecule has 1 unspecified atom stereocenters. The standard InChI is InChI=1S/C12H16N2S2/c1-3-9(7-13-2)12-14-10(8-16-12)11-5-4-6-15-11/h4-6,8-9,13H,3,7H2,1-2H3. The van der Waals surface area contributed by atoms with Gasteiger partial charge >= 0.3 is 0 Å². The van der Waals surface area contributed by atoms with Crippen LogP contribution in [0.1, 0.15) is 24.3 Å². The van der Waals surface area contributed by atoms with Crippen molar-refractivity contribution >= 4 is 22.7 Å². The van der Waals surface area contributed by atoms with Crippen LogP contribution in [0.4, 0.5) is 0 Å². The van der Waals surface area contributed by atoms with E-state index in [-0.39, 0.29) is 0 Å². The summed E-state index contributed by atoms with van der Waals surface area (Å²) in [5.74, 6) is 0.545. The molecule has 0 fully saturated rings. The first-order valence-corrected chi connectivity index (χ1v) is 7.25. The van der Waals surface area contributed by atoms with Crippen LogP contribution in [-0.4, -0.2) is 18.6 Å². The van der Waals surface area contributed by atoms with E-state index in [0.29, 0.717) is 5.92 Å². The van der Waals surface area contributed by atoms with Crippen molar-refractivity contribution in [2.75, 3.05) is 13.6 Å². The molecular formula is C12H16N2S2. The van der Waals surface area contributed by atoms with Crippen LogP contribution < -0.4 is 5.32 Å². The average Bonchev–Trinajstić information content (AvgIpc) is 2.95. The predicted octanol–water partition coefficient (Wildman–Crippen LogP) is 3.58. The van der Waals surface area contributed by atoms with Crippen molar-refractivity contribution in [2.24, 2.45) is 0 Å². The van der Waals surface area contributed by atoms with Crippen molar-refractivity contribution in [1.29, 1.82) is 0 Å². The number of thiophene rings is 1. The molecule has 0 aliphatic rings. The Labute approximate surface area is 104 Å². The van der Waals surface area contributed by atoms with Crippen LogP contribution in [0.3, 0.4) is 0 Å². The van der Waals surface area contributed by atoms with Gasteiger partial charge in [0.15, 0.2) is 0 Å². The van der Waals surface area contributed by atoms with E-state index in [2.05, 4.69) is 35.1 Å². The van der Waals surface area contributed by atoms with Gasteiger partial charge in [-0.25, -0.2) is 4.98 Å². The SMILES string of the molecule is CCC(CNC)c1nc(-c2cccs2)cs1. The van der Waals surface area contributed by atoms with Crippen molar-refractivity contribution in [3.05, 3.63) is 27.9 Å². The van der Waals surface area contributed by atoms with E-state index in [1.54, 1.807) is 22.7 Å². The van der Waals surface area contributed by atoms with Gasteiger partial charge in [0, 0.05) is 17.8 Å². The number of aromatic nitrogens is 1. The quantitative estimate of drug-likeness (QED) is 0.879.